The molecule has 1 aliphatic rings. The molecule has 3 N–H and O–H groups in total. The minimum atomic E-state index is -0.282. The third-order valence-electron chi connectivity index (χ3n) is 3.68. The van der Waals surface area contributed by atoms with Crippen molar-refractivity contribution in [2.45, 2.75) is 18.6 Å². The summed E-state index contributed by atoms with van der Waals surface area (Å²) in [6.07, 6.45) is 0.335. The molecule has 0 spiro atoms. The van der Waals surface area contributed by atoms with E-state index in [0.29, 0.717) is 17.2 Å². The minimum Gasteiger partial charge on any atom is -0.482 e. The molecule has 2 atom stereocenters. The lowest BCUT2D eigenvalue weighted by Gasteiger charge is -2.13. The van der Waals surface area contributed by atoms with Gasteiger partial charge in [0.2, 0.25) is 0 Å². The van der Waals surface area contributed by atoms with Gasteiger partial charge >= 0.3 is 0 Å². The molecule has 1 heterocycles. The Morgan fingerprint density at radius 2 is 2.08 bits per heavy atom. The average molecular weight is 350 g/mol. The molecule has 0 aliphatic carbocycles. The molecule has 1 saturated heterocycles. The Balaban J connectivity index is 1.48. The number of rotatable bonds is 5. The molecule has 1 fully saturated rings. The Kier molecular flexibility index (Phi) is 5.30. The number of halogens is 2. The van der Waals surface area contributed by atoms with Crippen molar-refractivity contribution in [1.29, 1.82) is 0 Å². The van der Waals surface area contributed by atoms with Crippen molar-refractivity contribution in [2.75, 3.05) is 6.61 Å². The first-order chi connectivity index (χ1) is 11.6. The summed E-state index contributed by atoms with van der Waals surface area (Å²) in [5.41, 5.74) is 6.85. The van der Waals surface area contributed by atoms with Crippen LogP contribution < -0.4 is 20.9 Å². The smallest absolute Gasteiger partial charge is 0.259 e. The van der Waals surface area contributed by atoms with E-state index < -0.39 is 0 Å². The first kappa shape index (κ1) is 16.7. The summed E-state index contributed by atoms with van der Waals surface area (Å²) in [5, 5.41) is 3.26. The highest BCUT2D eigenvalue weighted by Crippen LogP contribution is 2.23. The van der Waals surface area contributed by atoms with E-state index in [1.54, 1.807) is 30.3 Å². The van der Waals surface area contributed by atoms with Gasteiger partial charge in [0.1, 0.15) is 11.6 Å². The van der Waals surface area contributed by atoms with Crippen LogP contribution in [-0.2, 0) is 4.79 Å². The SMILES string of the molecule is O=C(COc1ccccc1Cl)NC1CC(c2cccc(F)c2)NN1. The number of hydrazine groups is 1. The zero-order valence-corrected chi connectivity index (χ0v) is 13.5. The summed E-state index contributed by atoms with van der Waals surface area (Å²) >= 11 is 5.97. The van der Waals surface area contributed by atoms with Crippen LogP contribution in [0.2, 0.25) is 5.02 Å². The van der Waals surface area contributed by atoms with Crippen LogP contribution in [-0.4, -0.2) is 18.7 Å². The maximum atomic E-state index is 13.3. The lowest BCUT2D eigenvalue weighted by Crippen LogP contribution is -2.45. The first-order valence-corrected chi connectivity index (χ1v) is 7.93. The van der Waals surface area contributed by atoms with Crippen LogP contribution in [0.4, 0.5) is 4.39 Å². The number of ether oxygens (including phenoxy) is 1. The van der Waals surface area contributed by atoms with Gasteiger partial charge in [-0.2, -0.15) is 0 Å². The van der Waals surface area contributed by atoms with E-state index in [9.17, 15) is 9.18 Å². The van der Waals surface area contributed by atoms with E-state index in [0.717, 1.165) is 5.56 Å². The molecule has 0 bridgehead atoms. The summed E-state index contributed by atoms with van der Waals surface area (Å²) in [6.45, 7) is -0.132. The average Bonchev–Trinajstić information content (AvgIpc) is 3.02. The molecule has 1 aliphatic heterocycles. The molecule has 2 aromatic rings. The molecule has 2 unspecified atom stereocenters. The molecule has 5 nitrogen and oxygen atoms in total. The van der Waals surface area contributed by atoms with Gasteiger partial charge in [-0.15, -0.1) is 0 Å². The maximum Gasteiger partial charge on any atom is 0.259 e. The van der Waals surface area contributed by atoms with Crippen LogP contribution in [0.5, 0.6) is 5.75 Å². The van der Waals surface area contributed by atoms with Gasteiger partial charge in [-0.3, -0.25) is 4.79 Å². The predicted molar refractivity (Wildman–Crippen MR) is 88.9 cm³/mol. The third kappa shape index (κ3) is 4.23. The van der Waals surface area contributed by atoms with Crippen molar-refractivity contribution in [3.63, 3.8) is 0 Å². The highest BCUT2D eigenvalue weighted by Gasteiger charge is 2.26. The molecule has 7 heteroatoms. The second kappa shape index (κ2) is 7.61. The molecule has 0 radical (unpaired) electrons. The van der Waals surface area contributed by atoms with Crippen LogP contribution >= 0.6 is 11.6 Å². The van der Waals surface area contributed by atoms with Crippen molar-refractivity contribution < 1.29 is 13.9 Å². The van der Waals surface area contributed by atoms with Gasteiger partial charge in [-0.1, -0.05) is 35.9 Å². The summed E-state index contributed by atoms with van der Waals surface area (Å²) < 4.78 is 18.7. The highest BCUT2D eigenvalue weighted by molar-refractivity contribution is 6.32. The van der Waals surface area contributed by atoms with Crippen LogP contribution in [0.25, 0.3) is 0 Å². The van der Waals surface area contributed by atoms with Crippen LogP contribution in [0.15, 0.2) is 48.5 Å². The Bertz CT molecular complexity index is 728. The van der Waals surface area contributed by atoms with Crippen LogP contribution in [0.1, 0.15) is 18.0 Å². The Hall–Kier alpha value is -2.15. The summed E-state index contributed by atoms with van der Waals surface area (Å²) in [6, 6.07) is 13.3. The molecular formula is C17H17ClFN3O2. The standard InChI is InChI=1S/C17H17ClFN3O2/c18-13-6-1-2-7-15(13)24-10-17(23)20-16-9-14(21-22-16)11-4-3-5-12(19)8-11/h1-8,14,16,21-22H,9-10H2,(H,20,23). The second-order valence-electron chi connectivity index (χ2n) is 5.47. The zero-order valence-electron chi connectivity index (χ0n) is 12.8. The summed E-state index contributed by atoms with van der Waals surface area (Å²) in [5.74, 6) is -0.0894. The number of hydrogen-bond donors (Lipinski definition) is 3. The zero-order chi connectivity index (χ0) is 16.9. The first-order valence-electron chi connectivity index (χ1n) is 7.55. The van der Waals surface area contributed by atoms with Crippen LogP contribution in [0, 0.1) is 5.82 Å². The third-order valence-corrected chi connectivity index (χ3v) is 4.00. The van der Waals surface area contributed by atoms with Crippen molar-refractivity contribution >= 4 is 17.5 Å². The van der Waals surface area contributed by atoms with E-state index in [2.05, 4.69) is 16.2 Å². The number of para-hydroxylation sites is 1. The van der Waals surface area contributed by atoms with Gasteiger partial charge in [0.05, 0.1) is 11.2 Å². The number of hydrogen-bond acceptors (Lipinski definition) is 4. The fourth-order valence-corrected chi connectivity index (χ4v) is 2.72. The van der Waals surface area contributed by atoms with Gasteiger partial charge in [0.15, 0.2) is 6.61 Å². The molecule has 3 rings (SSSR count). The highest BCUT2D eigenvalue weighted by atomic mass is 35.5. The Labute approximate surface area is 144 Å². The normalized spacial score (nSPS) is 19.9. The van der Waals surface area contributed by atoms with E-state index in [4.69, 9.17) is 16.3 Å². The van der Waals surface area contributed by atoms with Crippen molar-refractivity contribution in [3.8, 4) is 5.75 Å². The van der Waals surface area contributed by atoms with Gasteiger partial charge in [0, 0.05) is 12.5 Å². The van der Waals surface area contributed by atoms with Crippen molar-refractivity contribution in [1.82, 2.24) is 16.2 Å². The van der Waals surface area contributed by atoms with Crippen LogP contribution in [0.3, 0.4) is 0 Å². The summed E-state index contributed by atoms with van der Waals surface area (Å²) in [4.78, 5) is 12.0. The lowest BCUT2D eigenvalue weighted by atomic mass is 10.0. The largest absolute Gasteiger partial charge is 0.482 e. The van der Waals surface area contributed by atoms with Gasteiger partial charge in [-0.25, -0.2) is 15.2 Å². The predicted octanol–water partition coefficient (Wildman–Crippen LogP) is 2.54. The molecule has 1 amide bonds. The monoisotopic (exact) mass is 349 g/mol. The maximum absolute atomic E-state index is 13.3. The number of carbonyl (C=O) groups is 1. The van der Waals surface area contributed by atoms with Crippen molar-refractivity contribution in [3.05, 3.63) is 64.9 Å². The molecular weight excluding hydrogens is 333 g/mol. The molecule has 0 aromatic heterocycles. The van der Waals surface area contributed by atoms with E-state index >= 15 is 0 Å². The number of amides is 1. The van der Waals surface area contributed by atoms with E-state index in [1.807, 2.05) is 6.07 Å². The fraction of sp³-hybridized carbons (Fsp3) is 0.235. The number of benzene rings is 2. The second-order valence-corrected chi connectivity index (χ2v) is 5.88. The number of carbonyl (C=O) groups excluding carboxylic acids is 1. The quantitative estimate of drug-likeness (QED) is 0.776. The van der Waals surface area contributed by atoms with Gasteiger partial charge in [-0.05, 0) is 29.8 Å². The van der Waals surface area contributed by atoms with Crippen molar-refractivity contribution in [2.24, 2.45) is 0 Å². The minimum absolute atomic E-state index is 0.0736. The molecule has 126 valence electrons. The van der Waals surface area contributed by atoms with E-state index in [1.165, 1.54) is 12.1 Å². The fourth-order valence-electron chi connectivity index (χ4n) is 2.53. The van der Waals surface area contributed by atoms with Gasteiger partial charge in [0.25, 0.3) is 5.91 Å². The van der Waals surface area contributed by atoms with E-state index in [-0.39, 0.29) is 30.5 Å². The van der Waals surface area contributed by atoms with Gasteiger partial charge < -0.3 is 10.1 Å². The molecule has 24 heavy (non-hydrogen) atoms. The number of nitrogens with one attached hydrogen (secondary N) is 3. The topological polar surface area (TPSA) is 62.4 Å². The molecule has 0 saturated carbocycles. The summed E-state index contributed by atoms with van der Waals surface area (Å²) in [7, 11) is 0. The Morgan fingerprint density at radius 3 is 2.88 bits per heavy atom. The lowest BCUT2D eigenvalue weighted by molar-refractivity contribution is -0.123. The Morgan fingerprint density at radius 1 is 1.25 bits per heavy atom. The molecule has 2 aromatic carbocycles.